The van der Waals surface area contributed by atoms with Gasteiger partial charge < -0.3 is 9.88 Å². The summed E-state index contributed by atoms with van der Waals surface area (Å²) in [4.78, 5) is 4.81. The zero-order valence-electron chi connectivity index (χ0n) is 12.8. The molecule has 1 aromatic carbocycles. The number of hydrogen-bond acceptors (Lipinski definition) is 3. The van der Waals surface area contributed by atoms with Crippen LogP contribution < -0.4 is 5.32 Å². The first-order valence-electron chi connectivity index (χ1n) is 8.15. The molecule has 3 rings (SSSR count). The van der Waals surface area contributed by atoms with E-state index in [2.05, 4.69) is 52.8 Å². The van der Waals surface area contributed by atoms with Gasteiger partial charge in [-0.2, -0.15) is 11.8 Å². The number of aryl methyl sites for hydroxylation is 1. The zero-order valence-corrected chi connectivity index (χ0v) is 13.7. The highest BCUT2D eigenvalue weighted by molar-refractivity contribution is 7.99. The third-order valence-corrected chi connectivity index (χ3v) is 5.51. The minimum absolute atomic E-state index is 0.794. The molecule has 0 saturated carbocycles. The average molecular weight is 303 g/mol. The van der Waals surface area contributed by atoms with Crippen LogP contribution in [0, 0.1) is 0 Å². The van der Waals surface area contributed by atoms with Crippen LogP contribution in [0.3, 0.4) is 0 Å². The Morgan fingerprint density at radius 2 is 2.24 bits per heavy atom. The van der Waals surface area contributed by atoms with Crippen LogP contribution >= 0.6 is 11.8 Å². The van der Waals surface area contributed by atoms with E-state index in [0.717, 1.165) is 36.8 Å². The molecule has 2 aromatic rings. The molecule has 1 N–H and O–H groups in total. The average Bonchev–Trinajstić information content (AvgIpc) is 2.87. The van der Waals surface area contributed by atoms with E-state index in [0.29, 0.717) is 0 Å². The highest BCUT2D eigenvalue weighted by atomic mass is 32.2. The first-order chi connectivity index (χ1) is 10.4. The van der Waals surface area contributed by atoms with Gasteiger partial charge in [-0.15, -0.1) is 0 Å². The SMILES string of the molecule is CCCn1c(CNCC2CCCCS2)nc2ccccc21. The lowest BCUT2D eigenvalue weighted by molar-refractivity contribution is 0.566. The van der Waals surface area contributed by atoms with Crippen LogP contribution in [0.15, 0.2) is 24.3 Å². The monoisotopic (exact) mass is 303 g/mol. The highest BCUT2D eigenvalue weighted by Gasteiger charge is 2.14. The molecule has 3 nitrogen and oxygen atoms in total. The van der Waals surface area contributed by atoms with Gasteiger partial charge in [0, 0.05) is 18.3 Å². The summed E-state index contributed by atoms with van der Waals surface area (Å²) in [5, 5.41) is 4.42. The quantitative estimate of drug-likeness (QED) is 0.880. The molecule has 0 bridgehead atoms. The molecule has 0 spiro atoms. The van der Waals surface area contributed by atoms with Gasteiger partial charge in [-0.25, -0.2) is 4.98 Å². The molecule has 0 aliphatic carbocycles. The molecule has 1 aromatic heterocycles. The third kappa shape index (κ3) is 3.61. The molecule has 1 aliphatic heterocycles. The van der Waals surface area contributed by atoms with E-state index < -0.39 is 0 Å². The number of benzene rings is 1. The molecule has 4 heteroatoms. The second kappa shape index (κ2) is 7.32. The van der Waals surface area contributed by atoms with Gasteiger partial charge in [0.25, 0.3) is 0 Å². The van der Waals surface area contributed by atoms with Crippen molar-refractivity contribution in [3.05, 3.63) is 30.1 Å². The number of para-hydroxylation sites is 2. The van der Waals surface area contributed by atoms with E-state index in [9.17, 15) is 0 Å². The van der Waals surface area contributed by atoms with Crippen molar-refractivity contribution >= 4 is 22.8 Å². The first-order valence-corrected chi connectivity index (χ1v) is 9.20. The summed E-state index contributed by atoms with van der Waals surface area (Å²) in [5.74, 6) is 2.51. The Hall–Kier alpha value is -1.00. The smallest absolute Gasteiger partial charge is 0.123 e. The topological polar surface area (TPSA) is 29.9 Å². The Bertz CT molecular complexity index is 572. The van der Waals surface area contributed by atoms with Crippen molar-refractivity contribution in [1.29, 1.82) is 0 Å². The van der Waals surface area contributed by atoms with Crippen LogP contribution in [-0.2, 0) is 13.1 Å². The largest absolute Gasteiger partial charge is 0.327 e. The third-order valence-electron chi connectivity index (χ3n) is 4.11. The fraction of sp³-hybridized carbons (Fsp3) is 0.588. The van der Waals surface area contributed by atoms with E-state index in [-0.39, 0.29) is 0 Å². The van der Waals surface area contributed by atoms with E-state index in [1.54, 1.807) is 0 Å². The summed E-state index contributed by atoms with van der Waals surface area (Å²) in [6, 6.07) is 8.47. The second-order valence-corrected chi connectivity index (χ2v) is 7.20. The van der Waals surface area contributed by atoms with Gasteiger partial charge in [-0.05, 0) is 37.1 Å². The van der Waals surface area contributed by atoms with Crippen molar-refractivity contribution in [2.45, 2.75) is 50.9 Å². The van der Waals surface area contributed by atoms with Crippen molar-refractivity contribution < 1.29 is 0 Å². The van der Waals surface area contributed by atoms with Gasteiger partial charge in [0.1, 0.15) is 5.82 Å². The number of rotatable bonds is 6. The Labute approximate surface area is 131 Å². The second-order valence-electron chi connectivity index (χ2n) is 5.79. The number of fused-ring (bicyclic) bond motifs is 1. The molecule has 2 heterocycles. The zero-order chi connectivity index (χ0) is 14.5. The molecule has 1 aliphatic rings. The molecular formula is C17H25N3S. The first kappa shape index (κ1) is 14.9. The van der Waals surface area contributed by atoms with Crippen LogP contribution in [0.2, 0.25) is 0 Å². The van der Waals surface area contributed by atoms with Crippen molar-refractivity contribution in [3.63, 3.8) is 0 Å². The summed E-state index contributed by atoms with van der Waals surface area (Å²) >= 11 is 2.13. The van der Waals surface area contributed by atoms with Crippen LogP contribution in [0.4, 0.5) is 0 Å². The number of nitrogens with zero attached hydrogens (tertiary/aromatic N) is 2. The van der Waals surface area contributed by atoms with Gasteiger partial charge in [-0.3, -0.25) is 0 Å². The molecule has 0 amide bonds. The minimum atomic E-state index is 0.794. The summed E-state index contributed by atoms with van der Waals surface area (Å²) in [6.07, 6.45) is 5.30. The lowest BCUT2D eigenvalue weighted by Gasteiger charge is -2.21. The molecule has 1 unspecified atom stereocenters. The van der Waals surface area contributed by atoms with Crippen molar-refractivity contribution in [3.8, 4) is 0 Å². The molecular weight excluding hydrogens is 278 g/mol. The van der Waals surface area contributed by atoms with Gasteiger partial charge in [0.2, 0.25) is 0 Å². The number of imidazole rings is 1. The van der Waals surface area contributed by atoms with Crippen LogP contribution in [-0.4, -0.2) is 27.1 Å². The lowest BCUT2D eigenvalue weighted by Crippen LogP contribution is -2.27. The van der Waals surface area contributed by atoms with E-state index >= 15 is 0 Å². The van der Waals surface area contributed by atoms with E-state index in [4.69, 9.17) is 4.98 Å². The Morgan fingerprint density at radius 3 is 3.05 bits per heavy atom. The molecule has 21 heavy (non-hydrogen) atoms. The minimum Gasteiger partial charge on any atom is -0.327 e. The molecule has 114 valence electrons. The summed E-state index contributed by atoms with van der Waals surface area (Å²) in [6.45, 7) is 5.27. The molecule has 1 fully saturated rings. The molecule has 0 radical (unpaired) electrons. The Kier molecular flexibility index (Phi) is 5.20. The molecule has 1 saturated heterocycles. The maximum atomic E-state index is 4.81. The fourth-order valence-electron chi connectivity index (χ4n) is 3.05. The predicted molar refractivity (Wildman–Crippen MR) is 91.8 cm³/mol. The van der Waals surface area contributed by atoms with Gasteiger partial charge in [0.05, 0.1) is 17.6 Å². The standard InChI is InChI=1S/C17H25N3S/c1-2-10-20-16-9-4-3-8-15(16)19-17(20)13-18-12-14-7-5-6-11-21-14/h3-4,8-9,14,18H,2,5-7,10-13H2,1H3. The van der Waals surface area contributed by atoms with Crippen molar-refractivity contribution in [1.82, 2.24) is 14.9 Å². The number of hydrogen-bond donors (Lipinski definition) is 1. The summed E-state index contributed by atoms with van der Waals surface area (Å²) in [5.41, 5.74) is 2.39. The highest BCUT2D eigenvalue weighted by Crippen LogP contribution is 2.24. The number of aromatic nitrogens is 2. The normalized spacial score (nSPS) is 19.2. The van der Waals surface area contributed by atoms with E-state index in [1.807, 2.05) is 0 Å². The summed E-state index contributed by atoms with van der Waals surface area (Å²) in [7, 11) is 0. The Balaban J connectivity index is 1.66. The van der Waals surface area contributed by atoms with Gasteiger partial charge in [-0.1, -0.05) is 25.5 Å². The van der Waals surface area contributed by atoms with Gasteiger partial charge >= 0.3 is 0 Å². The number of thioether (sulfide) groups is 1. The van der Waals surface area contributed by atoms with Crippen molar-refractivity contribution in [2.24, 2.45) is 0 Å². The predicted octanol–water partition coefficient (Wildman–Crippen LogP) is 3.82. The van der Waals surface area contributed by atoms with Gasteiger partial charge in [0.15, 0.2) is 0 Å². The number of nitrogens with one attached hydrogen (secondary N) is 1. The summed E-state index contributed by atoms with van der Waals surface area (Å²) < 4.78 is 2.37. The maximum Gasteiger partial charge on any atom is 0.123 e. The van der Waals surface area contributed by atoms with Crippen molar-refractivity contribution in [2.75, 3.05) is 12.3 Å². The van der Waals surface area contributed by atoms with Crippen LogP contribution in [0.5, 0.6) is 0 Å². The Morgan fingerprint density at radius 1 is 1.33 bits per heavy atom. The van der Waals surface area contributed by atoms with E-state index in [1.165, 1.54) is 36.4 Å². The maximum absolute atomic E-state index is 4.81. The van der Waals surface area contributed by atoms with Crippen LogP contribution in [0.1, 0.15) is 38.4 Å². The fourth-order valence-corrected chi connectivity index (χ4v) is 4.32. The van der Waals surface area contributed by atoms with Crippen LogP contribution in [0.25, 0.3) is 11.0 Å². The lowest BCUT2D eigenvalue weighted by atomic mass is 10.2. The molecule has 1 atom stereocenters.